The van der Waals surface area contributed by atoms with Crippen molar-refractivity contribution in [2.45, 2.75) is 57.4 Å². The largest absolute Gasteiger partial charge is 0.497 e. The summed E-state index contributed by atoms with van der Waals surface area (Å²) in [6, 6.07) is 7.59. The van der Waals surface area contributed by atoms with Gasteiger partial charge in [-0.05, 0) is 49.4 Å². The number of nitrogens with zero attached hydrogens (tertiary/aromatic N) is 2. The standard InChI is InChI=1S/C21H30N4O3/c1-27-17-12-10-16(11-13-17)21-24-20(28-25-21)9-5-8-19(26)23-18(14-22)15-6-3-2-4-7-15/h10-13,15,18H,2-9,14,22H2,1H3,(H,23,26). The zero-order valence-electron chi connectivity index (χ0n) is 16.5. The molecular formula is C21H30N4O3. The first-order chi connectivity index (χ1) is 13.7. The molecule has 0 saturated heterocycles. The second-order valence-corrected chi connectivity index (χ2v) is 7.40. The molecule has 1 unspecified atom stereocenters. The van der Waals surface area contributed by atoms with E-state index in [9.17, 15) is 4.79 Å². The van der Waals surface area contributed by atoms with Crippen molar-refractivity contribution >= 4 is 5.91 Å². The van der Waals surface area contributed by atoms with Crippen molar-refractivity contribution in [1.29, 1.82) is 0 Å². The quantitative estimate of drug-likeness (QED) is 0.686. The molecule has 3 rings (SSSR count). The van der Waals surface area contributed by atoms with Gasteiger partial charge in [0, 0.05) is 31.0 Å². The molecule has 1 saturated carbocycles. The average Bonchev–Trinajstić information content (AvgIpc) is 3.21. The van der Waals surface area contributed by atoms with E-state index in [0.29, 0.717) is 43.4 Å². The van der Waals surface area contributed by atoms with Gasteiger partial charge in [-0.2, -0.15) is 4.98 Å². The van der Waals surface area contributed by atoms with E-state index in [1.54, 1.807) is 7.11 Å². The Morgan fingerprint density at radius 3 is 2.71 bits per heavy atom. The van der Waals surface area contributed by atoms with E-state index in [1.807, 2.05) is 24.3 Å². The van der Waals surface area contributed by atoms with Gasteiger partial charge in [0.2, 0.25) is 17.6 Å². The minimum Gasteiger partial charge on any atom is -0.497 e. The summed E-state index contributed by atoms with van der Waals surface area (Å²) in [5, 5.41) is 7.14. The van der Waals surface area contributed by atoms with Gasteiger partial charge in [0.15, 0.2) is 0 Å². The highest BCUT2D eigenvalue weighted by Crippen LogP contribution is 2.26. The van der Waals surface area contributed by atoms with E-state index in [4.69, 9.17) is 15.0 Å². The first-order valence-corrected chi connectivity index (χ1v) is 10.2. The molecule has 7 heteroatoms. The molecule has 152 valence electrons. The molecule has 1 heterocycles. The van der Waals surface area contributed by atoms with Crippen LogP contribution in [0.3, 0.4) is 0 Å². The van der Waals surface area contributed by atoms with Crippen LogP contribution in [0.1, 0.15) is 50.8 Å². The molecule has 3 N–H and O–H groups in total. The zero-order valence-corrected chi connectivity index (χ0v) is 16.5. The van der Waals surface area contributed by atoms with Gasteiger partial charge in [-0.3, -0.25) is 4.79 Å². The fourth-order valence-electron chi connectivity index (χ4n) is 3.80. The number of hydrogen-bond acceptors (Lipinski definition) is 6. The molecule has 0 bridgehead atoms. The van der Waals surface area contributed by atoms with Crippen molar-refractivity contribution in [1.82, 2.24) is 15.5 Å². The third-order valence-electron chi connectivity index (χ3n) is 5.43. The predicted molar refractivity (Wildman–Crippen MR) is 107 cm³/mol. The van der Waals surface area contributed by atoms with Crippen LogP contribution in [0.15, 0.2) is 28.8 Å². The van der Waals surface area contributed by atoms with Crippen molar-refractivity contribution in [3.05, 3.63) is 30.2 Å². The Kier molecular flexibility index (Phi) is 7.42. The highest BCUT2D eigenvalue weighted by Gasteiger charge is 2.23. The van der Waals surface area contributed by atoms with Crippen molar-refractivity contribution in [3.8, 4) is 17.1 Å². The molecule has 1 amide bonds. The van der Waals surface area contributed by atoms with Crippen LogP contribution in [0.2, 0.25) is 0 Å². The van der Waals surface area contributed by atoms with Gasteiger partial charge >= 0.3 is 0 Å². The molecule has 1 aliphatic rings. The minimum absolute atomic E-state index is 0.0518. The van der Waals surface area contributed by atoms with E-state index < -0.39 is 0 Å². The zero-order chi connectivity index (χ0) is 19.8. The Morgan fingerprint density at radius 2 is 2.04 bits per heavy atom. The van der Waals surface area contributed by atoms with Crippen LogP contribution in [0.4, 0.5) is 0 Å². The summed E-state index contributed by atoms with van der Waals surface area (Å²) in [7, 11) is 1.63. The number of carbonyl (C=O) groups is 1. The predicted octanol–water partition coefficient (Wildman–Crippen LogP) is 3.09. The number of benzene rings is 1. The number of hydrogen-bond donors (Lipinski definition) is 2. The van der Waals surface area contributed by atoms with Crippen molar-refractivity contribution in [2.24, 2.45) is 11.7 Å². The maximum Gasteiger partial charge on any atom is 0.226 e. The highest BCUT2D eigenvalue weighted by atomic mass is 16.5. The van der Waals surface area contributed by atoms with E-state index in [2.05, 4.69) is 15.5 Å². The van der Waals surface area contributed by atoms with E-state index in [-0.39, 0.29) is 11.9 Å². The number of ether oxygens (including phenoxy) is 1. The molecule has 2 aromatic rings. The van der Waals surface area contributed by atoms with E-state index >= 15 is 0 Å². The molecule has 0 spiro atoms. The van der Waals surface area contributed by atoms with Crippen LogP contribution >= 0.6 is 0 Å². The van der Waals surface area contributed by atoms with Crippen molar-refractivity contribution in [2.75, 3.05) is 13.7 Å². The molecule has 28 heavy (non-hydrogen) atoms. The summed E-state index contributed by atoms with van der Waals surface area (Å²) >= 11 is 0. The molecule has 0 radical (unpaired) electrons. The monoisotopic (exact) mass is 386 g/mol. The number of carbonyl (C=O) groups excluding carboxylic acids is 1. The lowest BCUT2D eigenvalue weighted by molar-refractivity contribution is -0.122. The number of rotatable bonds is 9. The third-order valence-corrected chi connectivity index (χ3v) is 5.43. The Hall–Kier alpha value is -2.41. The molecule has 1 aromatic carbocycles. The van der Waals surface area contributed by atoms with Crippen LogP contribution in [0, 0.1) is 5.92 Å². The van der Waals surface area contributed by atoms with Crippen LogP contribution in [0.5, 0.6) is 5.75 Å². The Balaban J connectivity index is 1.44. The van der Waals surface area contributed by atoms with Gasteiger partial charge in [-0.15, -0.1) is 0 Å². The number of methoxy groups -OCH3 is 1. The molecule has 7 nitrogen and oxygen atoms in total. The normalized spacial score (nSPS) is 15.9. The fraction of sp³-hybridized carbons (Fsp3) is 0.571. The summed E-state index contributed by atoms with van der Waals surface area (Å²) in [6.07, 6.45) is 7.78. The van der Waals surface area contributed by atoms with Crippen molar-refractivity contribution < 1.29 is 14.1 Å². The van der Waals surface area contributed by atoms with Gasteiger partial charge in [0.25, 0.3) is 0 Å². The fourth-order valence-corrected chi connectivity index (χ4v) is 3.80. The second kappa shape index (κ2) is 10.2. The molecule has 1 aromatic heterocycles. The molecular weight excluding hydrogens is 356 g/mol. The summed E-state index contributed by atoms with van der Waals surface area (Å²) in [5.41, 5.74) is 6.76. The van der Waals surface area contributed by atoms with Gasteiger partial charge in [-0.1, -0.05) is 24.4 Å². The maximum absolute atomic E-state index is 12.3. The number of aromatic nitrogens is 2. The lowest BCUT2D eigenvalue weighted by atomic mass is 9.84. The van der Waals surface area contributed by atoms with Gasteiger partial charge in [-0.25, -0.2) is 0 Å². The number of aryl methyl sites for hydroxylation is 1. The van der Waals surface area contributed by atoms with E-state index in [0.717, 1.165) is 24.2 Å². The van der Waals surface area contributed by atoms with Crippen LogP contribution in [-0.4, -0.2) is 35.7 Å². The van der Waals surface area contributed by atoms with Gasteiger partial charge in [0.1, 0.15) is 5.75 Å². The summed E-state index contributed by atoms with van der Waals surface area (Å²) < 4.78 is 10.5. The first-order valence-electron chi connectivity index (χ1n) is 10.2. The Morgan fingerprint density at radius 1 is 1.29 bits per heavy atom. The van der Waals surface area contributed by atoms with Gasteiger partial charge in [0.05, 0.1) is 7.11 Å². The molecule has 1 fully saturated rings. The van der Waals surface area contributed by atoms with Crippen LogP contribution in [0.25, 0.3) is 11.4 Å². The summed E-state index contributed by atoms with van der Waals surface area (Å²) in [5.74, 6) is 2.44. The van der Waals surface area contributed by atoms with E-state index in [1.165, 1.54) is 19.3 Å². The smallest absolute Gasteiger partial charge is 0.226 e. The lowest BCUT2D eigenvalue weighted by Gasteiger charge is -2.30. The van der Waals surface area contributed by atoms with Gasteiger partial charge < -0.3 is 20.3 Å². The first kappa shape index (κ1) is 20.3. The minimum atomic E-state index is 0.0518. The summed E-state index contributed by atoms with van der Waals surface area (Å²) in [6.45, 7) is 0.505. The number of nitrogens with two attached hydrogens (primary N) is 1. The van der Waals surface area contributed by atoms with Crippen molar-refractivity contribution in [3.63, 3.8) is 0 Å². The second-order valence-electron chi connectivity index (χ2n) is 7.40. The Bertz CT molecular complexity index is 738. The number of amides is 1. The maximum atomic E-state index is 12.3. The highest BCUT2D eigenvalue weighted by molar-refractivity contribution is 5.76. The topological polar surface area (TPSA) is 103 Å². The SMILES string of the molecule is COc1ccc(-c2noc(CCCC(=O)NC(CN)C3CCCCC3)n2)cc1. The number of nitrogens with one attached hydrogen (secondary N) is 1. The van der Waals surface area contributed by atoms with Crippen LogP contribution < -0.4 is 15.8 Å². The molecule has 1 aliphatic carbocycles. The molecule has 1 atom stereocenters. The lowest BCUT2D eigenvalue weighted by Crippen LogP contribution is -2.45. The average molecular weight is 386 g/mol. The summed E-state index contributed by atoms with van der Waals surface area (Å²) in [4.78, 5) is 16.7. The third kappa shape index (κ3) is 5.55. The van der Waals surface area contributed by atoms with Crippen LogP contribution in [-0.2, 0) is 11.2 Å². The molecule has 0 aliphatic heterocycles. The Labute approximate surface area is 166 Å².